The molecule has 0 bridgehead atoms. The second kappa shape index (κ2) is 8.22. The highest BCUT2D eigenvalue weighted by Gasteiger charge is 2.20. The maximum Gasteiger partial charge on any atom is 0.407 e. The lowest BCUT2D eigenvalue weighted by Gasteiger charge is -2.07. The summed E-state index contributed by atoms with van der Waals surface area (Å²) in [6.45, 7) is 0.470. The lowest BCUT2D eigenvalue weighted by atomic mass is 10.1. The van der Waals surface area contributed by atoms with E-state index in [0.717, 1.165) is 11.1 Å². The molecule has 3 aromatic rings. The van der Waals surface area contributed by atoms with Gasteiger partial charge < -0.3 is 19.8 Å². The fourth-order valence-electron chi connectivity index (χ4n) is 2.87. The Morgan fingerprint density at radius 1 is 1.22 bits per heavy atom. The number of ether oxygens (including phenoxy) is 2. The van der Waals surface area contributed by atoms with Gasteiger partial charge in [0, 0.05) is 18.8 Å². The van der Waals surface area contributed by atoms with Gasteiger partial charge in [-0.1, -0.05) is 30.3 Å². The van der Waals surface area contributed by atoms with Crippen LogP contribution in [-0.2, 0) is 17.8 Å². The summed E-state index contributed by atoms with van der Waals surface area (Å²) in [5, 5.41) is 14.5. The summed E-state index contributed by atoms with van der Waals surface area (Å²) >= 11 is 0. The maximum absolute atomic E-state index is 11.8. The Bertz CT molecular complexity index is 953. The van der Waals surface area contributed by atoms with Crippen LogP contribution in [0.15, 0.2) is 48.7 Å². The molecule has 0 saturated carbocycles. The number of amides is 1. The number of carbonyl (C=O) groups excluding carboxylic acids is 1. The molecule has 1 aromatic heterocycles. The first-order chi connectivity index (χ1) is 13.1. The number of nitro groups is 1. The van der Waals surface area contributed by atoms with Crippen LogP contribution in [0.5, 0.6) is 5.75 Å². The molecule has 27 heavy (non-hydrogen) atoms. The van der Waals surface area contributed by atoms with Gasteiger partial charge in [-0.3, -0.25) is 10.1 Å². The molecule has 0 spiro atoms. The molecule has 0 saturated heterocycles. The van der Waals surface area contributed by atoms with Gasteiger partial charge >= 0.3 is 6.09 Å². The molecule has 8 nitrogen and oxygen atoms in total. The highest BCUT2D eigenvalue weighted by molar-refractivity contribution is 5.96. The van der Waals surface area contributed by atoms with Gasteiger partial charge in [0.15, 0.2) is 0 Å². The Morgan fingerprint density at radius 2 is 2.00 bits per heavy atom. The first kappa shape index (κ1) is 18.2. The average Bonchev–Trinajstić information content (AvgIpc) is 3.10. The third-order valence-electron chi connectivity index (χ3n) is 4.15. The minimum Gasteiger partial charge on any atom is -0.495 e. The van der Waals surface area contributed by atoms with Crippen molar-refractivity contribution in [3.05, 3.63) is 69.9 Å². The molecule has 1 heterocycles. The fourth-order valence-corrected chi connectivity index (χ4v) is 2.87. The van der Waals surface area contributed by atoms with E-state index in [2.05, 4.69) is 10.3 Å². The minimum absolute atomic E-state index is 0.00583. The highest BCUT2D eigenvalue weighted by atomic mass is 16.6. The van der Waals surface area contributed by atoms with E-state index < -0.39 is 11.0 Å². The van der Waals surface area contributed by atoms with Crippen molar-refractivity contribution in [1.29, 1.82) is 0 Å². The van der Waals surface area contributed by atoms with Crippen molar-refractivity contribution in [2.45, 2.75) is 13.0 Å². The Balaban J connectivity index is 1.63. The quantitative estimate of drug-likeness (QED) is 0.489. The Hall–Kier alpha value is -3.55. The summed E-state index contributed by atoms with van der Waals surface area (Å²) in [6.07, 6.45) is 1.57. The van der Waals surface area contributed by atoms with Gasteiger partial charge in [-0.2, -0.15) is 0 Å². The number of nitrogens with one attached hydrogen (secondary N) is 2. The first-order valence-electron chi connectivity index (χ1n) is 8.36. The number of nitrogens with zero attached hydrogens (tertiary/aromatic N) is 1. The summed E-state index contributed by atoms with van der Waals surface area (Å²) in [4.78, 5) is 25.7. The molecule has 0 unspecified atom stereocenters. The third kappa shape index (κ3) is 4.17. The van der Waals surface area contributed by atoms with Crippen LogP contribution in [-0.4, -0.2) is 29.7 Å². The van der Waals surface area contributed by atoms with Crippen LogP contribution in [0.4, 0.5) is 10.5 Å². The van der Waals surface area contributed by atoms with Crippen molar-refractivity contribution in [2.75, 3.05) is 13.7 Å². The minimum atomic E-state index is -0.536. The number of hydrogen-bond donors (Lipinski definition) is 2. The standard InChI is InChI=1S/C19H19N3O5/c1-26-16-8-7-15(22(24)25)17-14(11-21-18(16)17)9-10-20-19(23)27-12-13-5-3-2-4-6-13/h2-8,11,21H,9-10,12H2,1H3,(H,20,23). The molecule has 0 aliphatic carbocycles. The van der Waals surface area contributed by atoms with Gasteiger partial charge in [0.1, 0.15) is 12.4 Å². The topological polar surface area (TPSA) is 106 Å². The van der Waals surface area contributed by atoms with Crippen LogP contribution in [0.25, 0.3) is 10.9 Å². The molecule has 2 N–H and O–H groups in total. The number of methoxy groups -OCH3 is 1. The molecule has 0 fully saturated rings. The van der Waals surface area contributed by atoms with Gasteiger partial charge in [-0.15, -0.1) is 0 Å². The van der Waals surface area contributed by atoms with Crippen LogP contribution in [0.3, 0.4) is 0 Å². The van der Waals surface area contributed by atoms with Crippen LogP contribution in [0.1, 0.15) is 11.1 Å². The Kier molecular flexibility index (Phi) is 5.55. The zero-order valence-electron chi connectivity index (χ0n) is 14.7. The summed E-state index contributed by atoms with van der Waals surface area (Å²) in [5.41, 5.74) is 2.17. The van der Waals surface area contributed by atoms with Crippen molar-refractivity contribution in [1.82, 2.24) is 10.3 Å². The van der Waals surface area contributed by atoms with Crippen LogP contribution >= 0.6 is 0 Å². The number of rotatable bonds is 7. The van der Waals surface area contributed by atoms with E-state index in [1.807, 2.05) is 30.3 Å². The van der Waals surface area contributed by atoms with Crippen molar-refractivity contribution in [3.8, 4) is 5.75 Å². The molecule has 2 aromatic carbocycles. The van der Waals surface area contributed by atoms with Crippen molar-refractivity contribution >= 4 is 22.7 Å². The highest BCUT2D eigenvalue weighted by Crippen LogP contribution is 2.34. The van der Waals surface area contributed by atoms with E-state index in [4.69, 9.17) is 9.47 Å². The van der Waals surface area contributed by atoms with E-state index in [9.17, 15) is 14.9 Å². The molecular weight excluding hydrogens is 350 g/mol. The normalized spacial score (nSPS) is 10.6. The van der Waals surface area contributed by atoms with E-state index in [-0.39, 0.29) is 18.8 Å². The molecule has 0 atom stereocenters. The van der Waals surface area contributed by atoms with E-state index in [0.29, 0.717) is 23.1 Å². The predicted molar refractivity (Wildman–Crippen MR) is 99.8 cm³/mol. The van der Waals surface area contributed by atoms with Crippen LogP contribution in [0, 0.1) is 10.1 Å². The number of nitro benzene ring substituents is 1. The summed E-state index contributed by atoms with van der Waals surface area (Å²) < 4.78 is 10.4. The van der Waals surface area contributed by atoms with Crippen LogP contribution in [0.2, 0.25) is 0 Å². The zero-order valence-corrected chi connectivity index (χ0v) is 14.7. The lowest BCUT2D eigenvalue weighted by molar-refractivity contribution is -0.383. The monoisotopic (exact) mass is 369 g/mol. The van der Waals surface area contributed by atoms with Gasteiger partial charge in [-0.25, -0.2) is 4.79 Å². The maximum atomic E-state index is 11.8. The molecule has 3 rings (SSSR count). The molecule has 8 heteroatoms. The molecule has 140 valence electrons. The second-order valence-corrected chi connectivity index (χ2v) is 5.85. The Labute approximate surface area is 155 Å². The predicted octanol–water partition coefficient (Wildman–Crippen LogP) is 3.55. The SMILES string of the molecule is COc1ccc([N+](=O)[O-])c2c(CCNC(=O)OCc3ccccc3)c[nH]c12. The molecule has 1 amide bonds. The number of fused-ring (bicyclic) bond motifs is 1. The number of alkyl carbamates (subject to hydrolysis) is 1. The molecular formula is C19H19N3O5. The largest absolute Gasteiger partial charge is 0.495 e. The molecule has 0 radical (unpaired) electrons. The number of benzene rings is 2. The van der Waals surface area contributed by atoms with E-state index >= 15 is 0 Å². The summed E-state index contributed by atoms with van der Waals surface area (Å²) in [6, 6.07) is 12.3. The van der Waals surface area contributed by atoms with Crippen LogP contribution < -0.4 is 10.1 Å². The number of aromatic amines is 1. The van der Waals surface area contributed by atoms with Gasteiger partial charge in [0.2, 0.25) is 0 Å². The van der Waals surface area contributed by atoms with Crippen molar-refractivity contribution in [2.24, 2.45) is 0 Å². The Morgan fingerprint density at radius 3 is 2.70 bits per heavy atom. The zero-order chi connectivity index (χ0) is 19.2. The molecule has 0 aliphatic heterocycles. The molecule has 0 aliphatic rings. The summed E-state index contributed by atoms with van der Waals surface area (Å²) in [5.74, 6) is 0.525. The first-order valence-corrected chi connectivity index (χ1v) is 8.36. The lowest BCUT2D eigenvalue weighted by Crippen LogP contribution is -2.26. The van der Waals surface area contributed by atoms with Crippen molar-refractivity contribution in [3.63, 3.8) is 0 Å². The van der Waals surface area contributed by atoms with E-state index in [1.54, 1.807) is 12.3 Å². The third-order valence-corrected chi connectivity index (χ3v) is 4.15. The van der Waals surface area contributed by atoms with Crippen molar-refractivity contribution < 1.29 is 19.2 Å². The number of aromatic nitrogens is 1. The smallest absolute Gasteiger partial charge is 0.407 e. The summed E-state index contributed by atoms with van der Waals surface area (Å²) in [7, 11) is 1.51. The van der Waals surface area contributed by atoms with E-state index in [1.165, 1.54) is 13.2 Å². The number of carbonyl (C=O) groups is 1. The van der Waals surface area contributed by atoms with Gasteiger partial charge in [-0.05, 0) is 23.6 Å². The fraction of sp³-hybridized carbons (Fsp3) is 0.211. The van der Waals surface area contributed by atoms with Gasteiger partial charge in [0.25, 0.3) is 5.69 Å². The number of H-pyrrole nitrogens is 1. The second-order valence-electron chi connectivity index (χ2n) is 5.85. The van der Waals surface area contributed by atoms with Gasteiger partial charge in [0.05, 0.1) is 22.9 Å². The average molecular weight is 369 g/mol. The number of non-ortho nitro benzene ring substituents is 1. The number of hydrogen-bond acceptors (Lipinski definition) is 5.